The number of anilines is 1. The highest BCUT2D eigenvalue weighted by molar-refractivity contribution is 7.22. The maximum Gasteiger partial charge on any atom is 0.127 e. The molecule has 2 heterocycles. The zero-order valence-electron chi connectivity index (χ0n) is 12.3. The van der Waals surface area contributed by atoms with Crippen molar-refractivity contribution in [3.8, 4) is 10.6 Å². The van der Waals surface area contributed by atoms with Gasteiger partial charge in [-0.25, -0.2) is 4.98 Å². The summed E-state index contributed by atoms with van der Waals surface area (Å²) >= 11 is 3.53. The van der Waals surface area contributed by atoms with Crippen molar-refractivity contribution >= 4 is 37.9 Å². The van der Waals surface area contributed by atoms with Crippen molar-refractivity contribution < 1.29 is 0 Å². The molecule has 21 heavy (non-hydrogen) atoms. The molecule has 0 amide bonds. The minimum absolute atomic E-state index is 0.398. The highest BCUT2D eigenvalue weighted by Crippen LogP contribution is 2.47. The standard InChI is InChI=1S/C17H18N2S2/c1-17(2)8-7-10-13(9-17)20-15(18)14(10)16-19-11-5-3-4-6-12(11)21-16/h3-6H,7-9,18H2,1-2H3. The monoisotopic (exact) mass is 314 g/mol. The van der Waals surface area contributed by atoms with Gasteiger partial charge in [0.2, 0.25) is 0 Å². The first-order chi connectivity index (χ1) is 10.0. The Labute approximate surface area is 132 Å². The summed E-state index contributed by atoms with van der Waals surface area (Å²) in [6.45, 7) is 4.70. The number of aromatic nitrogens is 1. The van der Waals surface area contributed by atoms with Crippen molar-refractivity contribution in [3.63, 3.8) is 0 Å². The van der Waals surface area contributed by atoms with Crippen LogP contribution in [-0.2, 0) is 12.8 Å². The van der Waals surface area contributed by atoms with Crippen LogP contribution in [0, 0.1) is 5.41 Å². The average molecular weight is 314 g/mol. The van der Waals surface area contributed by atoms with Crippen LogP contribution in [0.1, 0.15) is 30.7 Å². The lowest BCUT2D eigenvalue weighted by Gasteiger charge is -2.29. The average Bonchev–Trinajstić information content (AvgIpc) is 2.96. The quantitative estimate of drug-likeness (QED) is 0.677. The molecule has 0 aliphatic heterocycles. The zero-order valence-corrected chi connectivity index (χ0v) is 13.9. The first-order valence-corrected chi connectivity index (χ1v) is 8.93. The first-order valence-electron chi connectivity index (χ1n) is 7.29. The Hall–Kier alpha value is -1.39. The van der Waals surface area contributed by atoms with E-state index < -0.39 is 0 Å². The lowest BCUT2D eigenvalue weighted by atomic mass is 9.77. The predicted molar refractivity (Wildman–Crippen MR) is 93.2 cm³/mol. The van der Waals surface area contributed by atoms with Crippen molar-refractivity contribution in [1.82, 2.24) is 4.98 Å². The van der Waals surface area contributed by atoms with E-state index in [1.165, 1.54) is 27.1 Å². The van der Waals surface area contributed by atoms with Crippen LogP contribution in [0.25, 0.3) is 20.8 Å². The van der Waals surface area contributed by atoms with Crippen molar-refractivity contribution in [2.24, 2.45) is 5.41 Å². The molecular weight excluding hydrogens is 296 g/mol. The van der Waals surface area contributed by atoms with E-state index in [1.807, 2.05) is 6.07 Å². The predicted octanol–water partition coefficient (Wildman–Crippen LogP) is 5.12. The fraction of sp³-hybridized carbons (Fsp3) is 0.353. The highest BCUT2D eigenvalue weighted by atomic mass is 32.1. The highest BCUT2D eigenvalue weighted by Gasteiger charge is 2.30. The van der Waals surface area contributed by atoms with Crippen molar-refractivity contribution in [3.05, 3.63) is 34.7 Å². The van der Waals surface area contributed by atoms with Gasteiger partial charge in [-0.15, -0.1) is 22.7 Å². The molecule has 1 aromatic carbocycles. The van der Waals surface area contributed by atoms with E-state index in [2.05, 4.69) is 32.0 Å². The van der Waals surface area contributed by atoms with Gasteiger partial charge in [0.1, 0.15) is 5.01 Å². The molecule has 0 spiro atoms. The van der Waals surface area contributed by atoms with E-state index in [-0.39, 0.29) is 0 Å². The van der Waals surface area contributed by atoms with Crippen molar-refractivity contribution in [2.45, 2.75) is 33.1 Å². The van der Waals surface area contributed by atoms with Gasteiger partial charge in [0.05, 0.1) is 15.2 Å². The van der Waals surface area contributed by atoms with Gasteiger partial charge in [0, 0.05) is 10.4 Å². The van der Waals surface area contributed by atoms with Gasteiger partial charge < -0.3 is 5.73 Å². The summed E-state index contributed by atoms with van der Waals surface area (Å²) in [5.41, 5.74) is 10.5. The molecular formula is C17H18N2S2. The lowest BCUT2D eigenvalue weighted by Crippen LogP contribution is -2.20. The van der Waals surface area contributed by atoms with Crippen molar-refractivity contribution in [1.29, 1.82) is 0 Å². The molecule has 0 saturated heterocycles. The molecule has 2 aromatic heterocycles. The second-order valence-corrected chi connectivity index (χ2v) is 8.74. The van der Waals surface area contributed by atoms with Crippen LogP contribution in [0.15, 0.2) is 24.3 Å². The van der Waals surface area contributed by atoms with Gasteiger partial charge in [-0.3, -0.25) is 0 Å². The van der Waals surface area contributed by atoms with E-state index >= 15 is 0 Å². The number of benzene rings is 1. The summed E-state index contributed by atoms with van der Waals surface area (Å²) in [4.78, 5) is 6.28. The number of rotatable bonds is 1. The maximum absolute atomic E-state index is 6.35. The Morgan fingerprint density at radius 1 is 1.19 bits per heavy atom. The number of hydrogen-bond acceptors (Lipinski definition) is 4. The molecule has 0 atom stereocenters. The van der Waals surface area contributed by atoms with Crippen LogP contribution >= 0.6 is 22.7 Å². The lowest BCUT2D eigenvalue weighted by molar-refractivity contribution is 0.319. The minimum Gasteiger partial charge on any atom is -0.390 e. The number of thiophene rings is 1. The fourth-order valence-corrected chi connectivity index (χ4v) is 5.64. The van der Waals surface area contributed by atoms with Gasteiger partial charge in [-0.1, -0.05) is 26.0 Å². The molecule has 1 aliphatic carbocycles. The molecule has 0 fully saturated rings. The van der Waals surface area contributed by atoms with Crippen LogP contribution in [0.4, 0.5) is 5.00 Å². The van der Waals surface area contributed by atoms with Gasteiger partial charge in [-0.2, -0.15) is 0 Å². The summed E-state index contributed by atoms with van der Waals surface area (Å²) in [7, 11) is 0. The fourth-order valence-electron chi connectivity index (χ4n) is 3.14. The van der Waals surface area contributed by atoms with Gasteiger partial charge >= 0.3 is 0 Å². The van der Waals surface area contributed by atoms with E-state index in [1.54, 1.807) is 22.7 Å². The number of para-hydroxylation sites is 1. The number of nitrogens with zero attached hydrogens (tertiary/aromatic N) is 1. The maximum atomic E-state index is 6.35. The van der Waals surface area contributed by atoms with Gasteiger partial charge in [-0.05, 0) is 42.4 Å². The SMILES string of the molecule is CC1(C)CCc2c(sc(N)c2-c2nc3ccccc3s2)C1. The molecule has 4 heteroatoms. The minimum atomic E-state index is 0.398. The third kappa shape index (κ3) is 2.17. The van der Waals surface area contributed by atoms with Gasteiger partial charge in [0.25, 0.3) is 0 Å². The molecule has 0 saturated carbocycles. The van der Waals surface area contributed by atoms with E-state index in [4.69, 9.17) is 10.7 Å². The van der Waals surface area contributed by atoms with Crippen molar-refractivity contribution in [2.75, 3.05) is 5.73 Å². The molecule has 0 bridgehead atoms. The van der Waals surface area contributed by atoms with E-state index in [0.717, 1.165) is 28.4 Å². The molecule has 2 N–H and O–H groups in total. The molecule has 1 aliphatic rings. The summed E-state index contributed by atoms with van der Waals surface area (Å²) in [5.74, 6) is 0. The third-order valence-corrected chi connectivity index (χ3v) is 6.43. The first kappa shape index (κ1) is 13.3. The smallest absolute Gasteiger partial charge is 0.127 e. The van der Waals surface area contributed by atoms with Crippen LogP contribution in [0.5, 0.6) is 0 Å². The second kappa shape index (κ2) is 4.55. The number of thiazole rings is 1. The second-order valence-electron chi connectivity index (χ2n) is 6.57. The van der Waals surface area contributed by atoms with Crippen LogP contribution in [0.3, 0.4) is 0 Å². The molecule has 0 unspecified atom stereocenters. The summed E-state index contributed by atoms with van der Waals surface area (Å²) in [6.07, 6.45) is 3.50. The van der Waals surface area contributed by atoms with Gasteiger partial charge in [0.15, 0.2) is 0 Å². The summed E-state index contributed by atoms with van der Waals surface area (Å²) in [5, 5.41) is 2.03. The Kier molecular flexibility index (Phi) is 2.88. The number of nitrogens with two attached hydrogens (primary N) is 1. The molecule has 3 aromatic rings. The number of fused-ring (bicyclic) bond motifs is 2. The zero-order chi connectivity index (χ0) is 14.6. The Morgan fingerprint density at radius 3 is 2.81 bits per heavy atom. The van der Waals surface area contributed by atoms with Crippen LogP contribution in [-0.4, -0.2) is 4.98 Å². The number of hydrogen-bond donors (Lipinski definition) is 1. The molecule has 4 rings (SSSR count). The Balaban J connectivity index is 1.87. The van der Waals surface area contributed by atoms with E-state index in [0.29, 0.717) is 5.41 Å². The largest absolute Gasteiger partial charge is 0.390 e. The molecule has 2 nitrogen and oxygen atoms in total. The Bertz CT molecular complexity index is 794. The normalized spacial score (nSPS) is 17.0. The Morgan fingerprint density at radius 2 is 2.00 bits per heavy atom. The van der Waals surface area contributed by atoms with Crippen LogP contribution < -0.4 is 5.73 Å². The summed E-state index contributed by atoms with van der Waals surface area (Å²) in [6, 6.07) is 8.32. The number of nitrogen functional groups attached to an aromatic ring is 1. The topological polar surface area (TPSA) is 38.9 Å². The third-order valence-electron chi connectivity index (χ3n) is 4.32. The molecule has 108 valence electrons. The van der Waals surface area contributed by atoms with E-state index in [9.17, 15) is 0 Å². The van der Waals surface area contributed by atoms with Crippen LogP contribution in [0.2, 0.25) is 0 Å². The molecule has 0 radical (unpaired) electrons. The summed E-state index contributed by atoms with van der Waals surface area (Å²) < 4.78 is 1.24.